The lowest BCUT2D eigenvalue weighted by molar-refractivity contribution is -0.0569. The second-order valence-corrected chi connectivity index (χ2v) is 26.1. The molecule has 2 heterocycles. The smallest absolute Gasteiger partial charge is 0.351 e. The van der Waals surface area contributed by atoms with E-state index in [2.05, 4.69) is 78.0 Å². The minimum Gasteiger partial charge on any atom is -0.414 e. The largest absolute Gasteiger partial charge is 0.414 e. The molecule has 0 spiro atoms. The van der Waals surface area contributed by atoms with Crippen LogP contribution in [-0.2, 0) is 19.2 Å². The molecule has 1 aliphatic heterocycles. The number of urea groups is 1. The van der Waals surface area contributed by atoms with Crippen LogP contribution in [0.5, 0.6) is 0 Å². The molecule has 1 fully saturated rings. The summed E-state index contributed by atoms with van der Waals surface area (Å²) in [5.74, 6) is -0.132. The Hall–Kier alpha value is -2.37. The molecule has 234 valence electrons. The number of nitrogens with one attached hydrogen (secondary N) is 2. The molecule has 3 rings (SSSR count). The van der Waals surface area contributed by atoms with E-state index in [0.29, 0.717) is 0 Å². The first-order valence-electron chi connectivity index (χ1n) is 14.0. The molecule has 1 aromatic carbocycles. The molecule has 0 radical (unpaired) electrons. The number of nitrogens with zero attached hydrogens (tertiary/aromatic N) is 2. The number of aliphatic hydroxyl groups is 1. The van der Waals surface area contributed by atoms with Crippen molar-refractivity contribution in [3.8, 4) is 0 Å². The highest BCUT2D eigenvalue weighted by atomic mass is 32.2. The highest BCUT2D eigenvalue weighted by Gasteiger charge is 2.62. The highest BCUT2D eigenvalue weighted by Crippen LogP contribution is 2.51. The van der Waals surface area contributed by atoms with Crippen molar-refractivity contribution in [1.82, 2.24) is 14.3 Å². The molecule has 1 aliphatic rings. The van der Waals surface area contributed by atoms with Crippen molar-refractivity contribution in [3.63, 3.8) is 0 Å². The van der Waals surface area contributed by atoms with E-state index >= 15 is 0 Å². The summed E-state index contributed by atoms with van der Waals surface area (Å²) in [6.45, 7) is 21.6. The maximum absolute atomic E-state index is 13.1. The zero-order valence-corrected chi connectivity index (χ0v) is 29.1. The van der Waals surface area contributed by atoms with Gasteiger partial charge in [0.15, 0.2) is 8.32 Å². The summed E-state index contributed by atoms with van der Waals surface area (Å²) < 4.78 is 41.0. The highest BCUT2D eigenvalue weighted by molar-refractivity contribution is 7.90. The Bertz CT molecular complexity index is 1450. The van der Waals surface area contributed by atoms with Crippen LogP contribution in [0.15, 0.2) is 52.3 Å². The fourth-order valence-corrected chi connectivity index (χ4v) is 9.39. The minimum absolute atomic E-state index is 0.0312. The van der Waals surface area contributed by atoms with Crippen molar-refractivity contribution in [2.24, 2.45) is 0 Å². The van der Waals surface area contributed by atoms with E-state index in [1.54, 1.807) is 6.07 Å². The minimum atomic E-state index is -4.11. The van der Waals surface area contributed by atoms with Gasteiger partial charge in [0.2, 0.25) is 0 Å². The van der Waals surface area contributed by atoms with E-state index < -0.39 is 55.7 Å². The van der Waals surface area contributed by atoms with Crippen LogP contribution in [0.1, 0.15) is 54.2 Å². The molecule has 0 unspecified atom stereocenters. The predicted octanol–water partition coefficient (Wildman–Crippen LogP) is 4.84. The molecule has 11 nitrogen and oxygen atoms in total. The van der Waals surface area contributed by atoms with Gasteiger partial charge < -0.3 is 14.3 Å². The Morgan fingerprint density at radius 3 is 2.21 bits per heavy atom. The Balaban J connectivity index is 1.84. The van der Waals surface area contributed by atoms with Crippen LogP contribution in [0, 0.1) is 0 Å². The molecule has 3 N–H and O–H groups in total. The van der Waals surface area contributed by atoms with E-state index in [-0.39, 0.29) is 33.8 Å². The maximum Gasteiger partial charge on any atom is 0.351 e. The number of hydrogen-bond acceptors (Lipinski definition) is 8. The maximum atomic E-state index is 13.1. The zero-order valence-electron chi connectivity index (χ0n) is 26.3. The first-order chi connectivity index (χ1) is 19.0. The lowest BCUT2D eigenvalue weighted by atomic mass is 10.1. The van der Waals surface area contributed by atoms with E-state index in [9.17, 15) is 23.1 Å². The molecule has 1 saturated heterocycles. The average molecular weight is 639 g/mol. The van der Waals surface area contributed by atoms with Crippen LogP contribution in [0.2, 0.25) is 36.3 Å². The molecular formula is C28H46N4O7SSi2. The topological polar surface area (TPSA) is 149 Å². The van der Waals surface area contributed by atoms with E-state index in [1.807, 2.05) is 4.72 Å². The first kappa shape index (κ1) is 34.1. The van der Waals surface area contributed by atoms with Gasteiger partial charge in [0, 0.05) is 12.6 Å². The molecule has 2 amide bonds. The molecule has 3 atom stereocenters. The van der Waals surface area contributed by atoms with Crippen molar-refractivity contribution in [2.45, 2.75) is 107 Å². The molecule has 14 heteroatoms. The normalized spacial score (nSPS) is 22.2. The third-order valence-electron chi connectivity index (χ3n) is 9.36. The average Bonchev–Trinajstić information content (AvgIpc) is 3.19. The quantitative estimate of drug-likeness (QED) is 0.348. The molecule has 2 aromatic rings. The SMILES string of the molecule is CC(C)(C)[Si](C)(C)OC[C@H]1O[C@@H](n2ccc(NC(=O)NS(=O)(=O)c3ccccc3)nc2=O)C[C@@]1(O)[Si](C)(C)C(C)(C)C. The van der Waals surface area contributed by atoms with Crippen LogP contribution in [0.25, 0.3) is 0 Å². The standard InChI is InChI=1S/C28H46N4O7SSi2/c1-26(2,3)41(7,8)28(35)18-23(39-21(28)19-38-42(9,10)27(4,5)6)32-17-16-22(30-25(32)34)29-24(33)31-40(36,37)20-14-12-11-13-15-20/h11-17,21,23,35H,18-19H2,1-10H3,(H2,29,30,31,33,34)/t21-,23-,28-/m1/s1. The summed E-state index contributed by atoms with van der Waals surface area (Å²) in [6.07, 6.45) is 0.138. The Labute approximate surface area is 251 Å². The molecule has 1 aromatic heterocycles. The van der Waals surface area contributed by atoms with Gasteiger partial charge in [-0.2, -0.15) is 4.98 Å². The summed E-state index contributed by atoms with van der Waals surface area (Å²) >= 11 is 0. The summed E-state index contributed by atoms with van der Waals surface area (Å²) in [6, 6.07) is 7.76. The number of carbonyl (C=O) groups excluding carboxylic acids is 1. The predicted molar refractivity (Wildman–Crippen MR) is 168 cm³/mol. The van der Waals surface area contributed by atoms with Gasteiger partial charge in [0.05, 0.1) is 24.8 Å². The van der Waals surface area contributed by atoms with Crippen LogP contribution in [0.4, 0.5) is 10.6 Å². The molecule has 0 bridgehead atoms. The van der Waals surface area contributed by atoms with Gasteiger partial charge in [-0.15, -0.1) is 0 Å². The van der Waals surface area contributed by atoms with Crippen LogP contribution >= 0.6 is 0 Å². The van der Waals surface area contributed by atoms with E-state index in [4.69, 9.17) is 9.16 Å². The van der Waals surface area contributed by atoms with Gasteiger partial charge in [0.1, 0.15) is 18.1 Å². The number of benzene rings is 1. The number of rotatable bonds is 8. The van der Waals surface area contributed by atoms with Gasteiger partial charge in [-0.05, 0) is 41.4 Å². The van der Waals surface area contributed by atoms with Crippen LogP contribution in [-0.4, -0.2) is 63.4 Å². The second-order valence-electron chi connectivity index (χ2n) is 14.0. The van der Waals surface area contributed by atoms with Crippen LogP contribution in [0.3, 0.4) is 0 Å². The van der Waals surface area contributed by atoms with Gasteiger partial charge in [-0.1, -0.05) is 72.8 Å². The summed E-state index contributed by atoms with van der Waals surface area (Å²) in [4.78, 5) is 29.4. The third kappa shape index (κ3) is 6.89. The second kappa shape index (κ2) is 11.6. The monoisotopic (exact) mass is 638 g/mol. The summed E-state index contributed by atoms with van der Waals surface area (Å²) in [7, 11) is -8.74. The van der Waals surface area contributed by atoms with E-state index in [0.717, 1.165) is 0 Å². The number of ether oxygens (including phenoxy) is 1. The number of sulfonamides is 1. The van der Waals surface area contributed by atoms with E-state index in [1.165, 1.54) is 41.1 Å². The lowest BCUT2D eigenvalue weighted by Crippen LogP contribution is -2.65. The number of anilines is 1. The van der Waals surface area contributed by atoms with Gasteiger partial charge >= 0.3 is 11.7 Å². The number of aromatic nitrogens is 2. The summed E-state index contributed by atoms with van der Waals surface area (Å²) in [5.41, 5.74) is -0.715. The van der Waals surface area contributed by atoms with Crippen molar-refractivity contribution in [3.05, 3.63) is 53.1 Å². The van der Waals surface area contributed by atoms with Crippen molar-refractivity contribution in [1.29, 1.82) is 0 Å². The van der Waals surface area contributed by atoms with Crippen LogP contribution < -0.4 is 15.7 Å². The van der Waals surface area contributed by atoms with Gasteiger partial charge in [-0.25, -0.2) is 22.7 Å². The first-order valence-corrected chi connectivity index (χ1v) is 21.4. The Morgan fingerprint density at radius 2 is 1.69 bits per heavy atom. The molecule has 0 saturated carbocycles. The third-order valence-corrected chi connectivity index (χ3v) is 21.6. The number of carbonyl (C=O) groups is 1. The lowest BCUT2D eigenvalue weighted by Gasteiger charge is -2.49. The zero-order chi connectivity index (χ0) is 31.9. The fourth-order valence-electron chi connectivity index (χ4n) is 4.52. The summed E-state index contributed by atoms with van der Waals surface area (Å²) in [5, 5.41) is 13.2. The Morgan fingerprint density at radius 1 is 1.10 bits per heavy atom. The van der Waals surface area contributed by atoms with Crippen molar-refractivity contribution in [2.75, 3.05) is 11.9 Å². The molecule has 0 aliphatic carbocycles. The number of hydrogen-bond donors (Lipinski definition) is 3. The Kier molecular flexibility index (Phi) is 9.44. The number of amides is 2. The van der Waals surface area contributed by atoms with Gasteiger partial charge in [-0.3, -0.25) is 9.88 Å². The fraction of sp³-hybridized carbons (Fsp3) is 0.607. The molecule has 42 heavy (non-hydrogen) atoms. The van der Waals surface area contributed by atoms with Gasteiger partial charge in [0.25, 0.3) is 10.0 Å². The molecular weight excluding hydrogens is 593 g/mol. The van der Waals surface area contributed by atoms with Crippen molar-refractivity contribution >= 4 is 38.3 Å². The van der Waals surface area contributed by atoms with Crippen molar-refractivity contribution < 1.29 is 27.5 Å².